The first-order chi connectivity index (χ1) is 17.0. The van der Waals surface area contributed by atoms with Crippen molar-refractivity contribution >= 4 is 62.0 Å². The molecule has 0 saturated carbocycles. The number of ether oxygens (including phenoxy) is 1. The number of nitrogens with zero attached hydrogens (tertiary/aromatic N) is 1. The summed E-state index contributed by atoms with van der Waals surface area (Å²) >= 11 is 13.9. The second-order valence-corrected chi connectivity index (χ2v) is 9.57. The zero-order valence-electron chi connectivity index (χ0n) is 18.5. The zero-order chi connectivity index (χ0) is 24.5. The van der Waals surface area contributed by atoms with Crippen LogP contribution in [0.2, 0.25) is 10.0 Å². The number of benzene rings is 3. The van der Waals surface area contributed by atoms with E-state index in [1.807, 2.05) is 60.7 Å². The Hall–Kier alpha value is -3.58. The highest BCUT2D eigenvalue weighted by Gasteiger charge is 2.23. The summed E-state index contributed by atoms with van der Waals surface area (Å²) in [5.41, 5.74) is 10.7. The number of carbonyl (C=O) groups is 1. The molecule has 2 heterocycles. The fourth-order valence-corrected chi connectivity index (χ4v) is 5.32. The summed E-state index contributed by atoms with van der Waals surface area (Å²) < 4.78 is 5.35. The van der Waals surface area contributed by atoms with Crippen molar-refractivity contribution < 1.29 is 9.53 Å². The number of halogens is 2. The van der Waals surface area contributed by atoms with Gasteiger partial charge in [0.15, 0.2) is 0 Å². The molecule has 0 aliphatic heterocycles. The van der Waals surface area contributed by atoms with Crippen LogP contribution in [-0.4, -0.2) is 18.0 Å². The molecule has 0 radical (unpaired) electrons. The first kappa shape index (κ1) is 23.2. The third-order valence-electron chi connectivity index (χ3n) is 5.55. The Bertz CT molecular complexity index is 1570. The number of nitrogens with one attached hydrogen (secondary N) is 1. The summed E-state index contributed by atoms with van der Waals surface area (Å²) in [6, 6.07) is 24.3. The van der Waals surface area contributed by atoms with Gasteiger partial charge >= 0.3 is 0 Å². The number of anilines is 2. The van der Waals surface area contributed by atoms with Crippen LogP contribution in [0.1, 0.15) is 9.67 Å². The van der Waals surface area contributed by atoms with Crippen LogP contribution < -0.4 is 15.8 Å². The molecular formula is C27H19Cl2N3O2S. The quantitative estimate of drug-likeness (QED) is 0.248. The maximum Gasteiger partial charge on any atom is 0.268 e. The largest absolute Gasteiger partial charge is 0.495 e. The molecule has 0 aliphatic rings. The van der Waals surface area contributed by atoms with E-state index in [0.717, 1.165) is 22.4 Å². The second kappa shape index (κ2) is 9.58. The number of hydrogen-bond donors (Lipinski definition) is 2. The fraction of sp³-hybridized carbons (Fsp3) is 0.0370. The number of amides is 1. The van der Waals surface area contributed by atoms with Crippen LogP contribution in [0, 0.1) is 0 Å². The van der Waals surface area contributed by atoms with Gasteiger partial charge < -0.3 is 15.8 Å². The van der Waals surface area contributed by atoms with Crippen molar-refractivity contribution in [2.45, 2.75) is 0 Å². The van der Waals surface area contributed by atoms with Gasteiger partial charge in [-0.3, -0.25) is 4.79 Å². The lowest BCUT2D eigenvalue weighted by molar-refractivity contribution is 0.103. The van der Waals surface area contributed by atoms with Crippen molar-refractivity contribution in [2.24, 2.45) is 0 Å². The van der Waals surface area contributed by atoms with Gasteiger partial charge in [-0.25, -0.2) is 4.98 Å². The summed E-state index contributed by atoms with van der Waals surface area (Å²) in [5, 5.41) is 4.61. The summed E-state index contributed by atoms with van der Waals surface area (Å²) in [7, 11) is 1.53. The molecule has 8 heteroatoms. The number of nitrogen functional groups attached to an aromatic ring is 1. The van der Waals surface area contributed by atoms with Crippen LogP contribution in [0.25, 0.3) is 32.6 Å². The molecule has 5 aromatic rings. The van der Waals surface area contributed by atoms with E-state index in [9.17, 15) is 4.79 Å². The first-order valence-electron chi connectivity index (χ1n) is 10.6. The highest BCUT2D eigenvalue weighted by atomic mass is 35.5. The minimum Gasteiger partial charge on any atom is -0.495 e. The summed E-state index contributed by atoms with van der Waals surface area (Å²) in [4.78, 5) is 19.2. The Morgan fingerprint density at radius 1 is 0.971 bits per heavy atom. The lowest BCUT2D eigenvalue weighted by atomic mass is 9.99. The fourth-order valence-electron chi connectivity index (χ4n) is 3.90. The molecule has 0 aliphatic carbocycles. The number of rotatable bonds is 5. The van der Waals surface area contributed by atoms with Crippen LogP contribution in [0.5, 0.6) is 5.75 Å². The molecule has 3 aromatic carbocycles. The second-order valence-electron chi connectivity index (χ2n) is 7.72. The highest BCUT2D eigenvalue weighted by Crippen LogP contribution is 2.43. The van der Waals surface area contributed by atoms with Crippen molar-refractivity contribution in [1.82, 2.24) is 4.98 Å². The molecule has 2 aromatic heterocycles. The van der Waals surface area contributed by atoms with Crippen LogP contribution in [0.3, 0.4) is 0 Å². The standard InChI is InChI=1S/C27H19Cl2N3O2S/c1-34-22-12-11-16(28)13-21(22)31-26(33)25-24(30)23-18(17-9-5-6-10-19(17)29)14-20(32-27(23)35-25)15-7-3-2-4-8-15/h2-14H,30H2,1H3,(H,31,33). The average molecular weight is 520 g/mol. The maximum absolute atomic E-state index is 13.3. The monoisotopic (exact) mass is 519 g/mol. The SMILES string of the molecule is COc1ccc(Cl)cc1NC(=O)c1sc2nc(-c3ccccc3)cc(-c3ccccc3Cl)c2c1N. The Morgan fingerprint density at radius 2 is 1.71 bits per heavy atom. The summed E-state index contributed by atoms with van der Waals surface area (Å²) in [5.74, 6) is 0.112. The summed E-state index contributed by atoms with van der Waals surface area (Å²) in [6.07, 6.45) is 0. The van der Waals surface area contributed by atoms with Crippen molar-refractivity contribution in [3.05, 3.63) is 93.8 Å². The molecule has 0 spiro atoms. The zero-order valence-corrected chi connectivity index (χ0v) is 20.8. The Morgan fingerprint density at radius 3 is 2.46 bits per heavy atom. The maximum atomic E-state index is 13.3. The Balaban J connectivity index is 1.68. The number of hydrogen-bond acceptors (Lipinski definition) is 5. The molecule has 3 N–H and O–H groups in total. The molecule has 5 rings (SSSR count). The van der Waals surface area contributed by atoms with Gasteiger partial charge in [0.1, 0.15) is 15.5 Å². The van der Waals surface area contributed by atoms with Gasteiger partial charge in [0.25, 0.3) is 5.91 Å². The number of fused-ring (bicyclic) bond motifs is 1. The molecule has 5 nitrogen and oxygen atoms in total. The van der Waals surface area contributed by atoms with Crippen molar-refractivity contribution in [1.29, 1.82) is 0 Å². The van der Waals surface area contributed by atoms with Crippen LogP contribution in [0.15, 0.2) is 78.9 Å². The van der Waals surface area contributed by atoms with E-state index in [1.54, 1.807) is 18.2 Å². The minimum absolute atomic E-state index is 0.338. The van der Waals surface area contributed by atoms with Crippen molar-refractivity contribution in [3.63, 3.8) is 0 Å². The molecule has 0 unspecified atom stereocenters. The number of aromatic nitrogens is 1. The van der Waals surface area contributed by atoms with Gasteiger partial charge in [0, 0.05) is 26.6 Å². The molecule has 174 valence electrons. The number of nitrogens with two attached hydrogens (primary N) is 1. The van der Waals surface area contributed by atoms with Gasteiger partial charge in [0.2, 0.25) is 0 Å². The topological polar surface area (TPSA) is 77.2 Å². The van der Waals surface area contributed by atoms with E-state index in [0.29, 0.717) is 42.3 Å². The van der Waals surface area contributed by atoms with E-state index in [1.165, 1.54) is 18.4 Å². The third-order valence-corrected chi connectivity index (χ3v) is 7.21. The van der Waals surface area contributed by atoms with Gasteiger partial charge in [-0.05, 0) is 35.9 Å². The van der Waals surface area contributed by atoms with E-state index >= 15 is 0 Å². The van der Waals surface area contributed by atoms with Crippen LogP contribution >= 0.6 is 34.5 Å². The predicted octanol–water partition coefficient (Wildman–Crippen LogP) is 7.78. The van der Waals surface area contributed by atoms with Crippen LogP contribution in [0.4, 0.5) is 11.4 Å². The predicted molar refractivity (Wildman–Crippen MR) is 146 cm³/mol. The van der Waals surface area contributed by atoms with Gasteiger partial charge in [-0.15, -0.1) is 11.3 Å². The number of thiophene rings is 1. The molecule has 35 heavy (non-hydrogen) atoms. The number of methoxy groups -OCH3 is 1. The first-order valence-corrected chi connectivity index (χ1v) is 12.2. The van der Waals surface area contributed by atoms with Crippen molar-refractivity contribution in [3.8, 4) is 28.1 Å². The molecule has 0 bridgehead atoms. The number of pyridine rings is 1. The highest BCUT2D eigenvalue weighted by molar-refractivity contribution is 7.21. The Kier molecular flexibility index (Phi) is 6.34. The van der Waals surface area contributed by atoms with E-state index < -0.39 is 0 Å². The average Bonchev–Trinajstić information content (AvgIpc) is 3.21. The van der Waals surface area contributed by atoms with Gasteiger partial charge in [0.05, 0.1) is 24.2 Å². The van der Waals surface area contributed by atoms with E-state index in [2.05, 4.69) is 5.32 Å². The van der Waals surface area contributed by atoms with Gasteiger partial charge in [-0.1, -0.05) is 71.7 Å². The molecule has 1 amide bonds. The van der Waals surface area contributed by atoms with E-state index in [4.69, 9.17) is 38.7 Å². The van der Waals surface area contributed by atoms with Gasteiger partial charge in [-0.2, -0.15) is 0 Å². The van der Waals surface area contributed by atoms with Crippen molar-refractivity contribution in [2.75, 3.05) is 18.2 Å². The molecular weight excluding hydrogens is 501 g/mol. The van der Waals surface area contributed by atoms with Crippen LogP contribution in [-0.2, 0) is 0 Å². The Labute approximate surface area is 216 Å². The lowest BCUT2D eigenvalue weighted by Gasteiger charge is -2.11. The molecule has 0 atom stereocenters. The third kappa shape index (κ3) is 4.44. The molecule has 0 saturated heterocycles. The minimum atomic E-state index is -0.377. The number of carbonyl (C=O) groups excluding carboxylic acids is 1. The lowest BCUT2D eigenvalue weighted by Crippen LogP contribution is -2.12. The van der Waals surface area contributed by atoms with E-state index in [-0.39, 0.29) is 5.91 Å². The summed E-state index contributed by atoms with van der Waals surface area (Å²) in [6.45, 7) is 0. The normalized spacial score (nSPS) is 10.9. The molecule has 0 fully saturated rings. The smallest absolute Gasteiger partial charge is 0.268 e.